The van der Waals surface area contributed by atoms with Gasteiger partial charge in [0.2, 0.25) is 0 Å². The summed E-state index contributed by atoms with van der Waals surface area (Å²) in [6.07, 6.45) is 0.415. The van der Waals surface area contributed by atoms with Gasteiger partial charge >= 0.3 is 6.09 Å². The molecule has 1 aromatic carbocycles. The Morgan fingerprint density at radius 2 is 2.00 bits per heavy atom. The highest BCUT2D eigenvalue weighted by molar-refractivity contribution is 5.86. The van der Waals surface area contributed by atoms with E-state index in [1.807, 2.05) is 39.0 Å². The highest BCUT2D eigenvalue weighted by atomic mass is 16.6. The highest BCUT2D eigenvalue weighted by Crippen LogP contribution is 2.23. The molecule has 1 aromatic rings. The number of amides is 1. The third-order valence-corrected chi connectivity index (χ3v) is 3.86. The number of nitrogens with zero attached hydrogens (tertiary/aromatic N) is 1. The Labute approximate surface area is 144 Å². The van der Waals surface area contributed by atoms with Gasteiger partial charge in [-0.05, 0) is 51.0 Å². The molecule has 6 heteroatoms. The number of carbonyl (C=O) groups is 1. The zero-order chi connectivity index (χ0) is 17.6. The minimum atomic E-state index is -0.516. The van der Waals surface area contributed by atoms with Gasteiger partial charge in [-0.2, -0.15) is 0 Å². The van der Waals surface area contributed by atoms with Crippen LogP contribution >= 0.6 is 0 Å². The molecule has 24 heavy (non-hydrogen) atoms. The molecule has 1 fully saturated rings. The second-order valence-electron chi connectivity index (χ2n) is 6.99. The van der Waals surface area contributed by atoms with Gasteiger partial charge in [0.15, 0.2) is 0 Å². The van der Waals surface area contributed by atoms with E-state index in [2.05, 4.69) is 15.5 Å². The summed E-state index contributed by atoms with van der Waals surface area (Å²) in [7, 11) is 1.65. The highest BCUT2D eigenvalue weighted by Gasteiger charge is 2.18. The van der Waals surface area contributed by atoms with Crippen LogP contribution in [0.1, 0.15) is 26.3 Å². The minimum Gasteiger partial charge on any atom is -0.497 e. The lowest BCUT2D eigenvalue weighted by Gasteiger charge is -2.27. The molecular formula is C18H29N3O3. The molecule has 1 amide bonds. The predicted molar refractivity (Wildman–Crippen MR) is 95.9 cm³/mol. The maximum Gasteiger partial charge on any atom is 0.412 e. The number of methoxy groups -OCH3 is 1. The topological polar surface area (TPSA) is 62.8 Å². The lowest BCUT2D eigenvalue weighted by Crippen LogP contribution is -2.44. The molecule has 0 bridgehead atoms. The lowest BCUT2D eigenvalue weighted by molar-refractivity contribution is 0.0635. The number of nitrogens with one attached hydrogen (secondary N) is 2. The van der Waals surface area contributed by atoms with Crippen molar-refractivity contribution in [3.05, 3.63) is 23.8 Å². The van der Waals surface area contributed by atoms with Gasteiger partial charge in [-0.15, -0.1) is 0 Å². The third kappa shape index (κ3) is 6.02. The average Bonchev–Trinajstić information content (AvgIpc) is 2.53. The van der Waals surface area contributed by atoms with Crippen molar-refractivity contribution in [1.29, 1.82) is 0 Å². The fourth-order valence-corrected chi connectivity index (χ4v) is 2.65. The van der Waals surface area contributed by atoms with Crippen LogP contribution in [0, 0.1) is 0 Å². The first-order chi connectivity index (χ1) is 11.4. The van der Waals surface area contributed by atoms with Crippen LogP contribution in [0.2, 0.25) is 0 Å². The van der Waals surface area contributed by atoms with E-state index in [-0.39, 0.29) is 0 Å². The van der Waals surface area contributed by atoms with E-state index in [9.17, 15) is 4.79 Å². The van der Waals surface area contributed by atoms with Gasteiger partial charge in [-0.1, -0.05) is 0 Å². The van der Waals surface area contributed by atoms with Crippen molar-refractivity contribution >= 4 is 11.8 Å². The molecule has 1 aliphatic rings. The van der Waals surface area contributed by atoms with Gasteiger partial charge < -0.3 is 19.7 Å². The van der Waals surface area contributed by atoms with Crippen LogP contribution in [0.4, 0.5) is 10.5 Å². The number of piperazine rings is 1. The van der Waals surface area contributed by atoms with Crippen LogP contribution < -0.4 is 15.4 Å². The van der Waals surface area contributed by atoms with Gasteiger partial charge in [-0.3, -0.25) is 5.32 Å². The molecule has 0 aliphatic carbocycles. The summed E-state index contributed by atoms with van der Waals surface area (Å²) < 4.78 is 10.7. The molecular weight excluding hydrogens is 306 g/mol. The van der Waals surface area contributed by atoms with Crippen LogP contribution in [0.15, 0.2) is 18.2 Å². The molecule has 1 heterocycles. The van der Waals surface area contributed by atoms with Gasteiger partial charge in [0, 0.05) is 38.4 Å². The van der Waals surface area contributed by atoms with E-state index >= 15 is 0 Å². The normalized spacial score (nSPS) is 15.8. The number of anilines is 1. The molecule has 6 nitrogen and oxygen atoms in total. The number of rotatable bonds is 5. The van der Waals surface area contributed by atoms with Crippen LogP contribution in [-0.4, -0.2) is 56.4 Å². The standard InChI is InChI=1S/C18H29N3O3/c1-18(2,3)24-17(22)20-16-6-5-15(23-4)13-14(16)7-10-21-11-8-19-9-12-21/h5-6,13,19H,7-12H2,1-4H3,(H,20,22). The Hall–Kier alpha value is -1.79. The third-order valence-electron chi connectivity index (χ3n) is 3.86. The number of hydrogen-bond donors (Lipinski definition) is 2. The molecule has 1 aliphatic heterocycles. The summed E-state index contributed by atoms with van der Waals surface area (Å²) >= 11 is 0. The molecule has 2 N–H and O–H groups in total. The van der Waals surface area contributed by atoms with Crippen molar-refractivity contribution in [1.82, 2.24) is 10.2 Å². The van der Waals surface area contributed by atoms with Crippen molar-refractivity contribution in [2.45, 2.75) is 32.8 Å². The van der Waals surface area contributed by atoms with Gasteiger partial charge in [-0.25, -0.2) is 4.79 Å². The first kappa shape index (κ1) is 18.5. The Balaban J connectivity index is 2.04. The van der Waals surface area contributed by atoms with E-state index in [1.54, 1.807) is 7.11 Å². The van der Waals surface area contributed by atoms with E-state index < -0.39 is 11.7 Å². The zero-order valence-electron chi connectivity index (χ0n) is 15.1. The Kier molecular flexibility index (Phi) is 6.45. The predicted octanol–water partition coefficient (Wildman–Crippen LogP) is 2.49. The second-order valence-corrected chi connectivity index (χ2v) is 6.99. The largest absolute Gasteiger partial charge is 0.497 e. The number of hydrogen-bond acceptors (Lipinski definition) is 5. The molecule has 0 saturated carbocycles. The Morgan fingerprint density at radius 1 is 1.29 bits per heavy atom. The van der Waals surface area contributed by atoms with Crippen molar-refractivity contribution in [3.8, 4) is 5.75 Å². The van der Waals surface area contributed by atoms with Crippen molar-refractivity contribution in [3.63, 3.8) is 0 Å². The van der Waals surface area contributed by atoms with Gasteiger partial charge in [0.25, 0.3) is 0 Å². The average molecular weight is 335 g/mol. The minimum absolute atomic E-state index is 0.434. The number of benzene rings is 1. The Bertz CT molecular complexity index is 549. The van der Waals surface area contributed by atoms with Crippen LogP contribution in [0.3, 0.4) is 0 Å². The lowest BCUT2D eigenvalue weighted by atomic mass is 10.1. The van der Waals surface area contributed by atoms with Gasteiger partial charge in [0.05, 0.1) is 7.11 Å². The SMILES string of the molecule is COc1ccc(NC(=O)OC(C)(C)C)c(CCN2CCNCC2)c1. The fourth-order valence-electron chi connectivity index (χ4n) is 2.65. The first-order valence-electron chi connectivity index (χ1n) is 8.47. The molecule has 2 rings (SSSR count). The summed E-state index contributed by atoms with van der Waals surface area (Å²) in [6.45, 7) is 10.7. The van der Waals surface area contributed by atoms with E-state index in [1.165, 1.54) is 0 Å². The molecule has 0 radical (unpaired) electrons. The summed E-state index contributed by atoms with van der Waals surface area (Å²) in [6, 6.07) is 5.70. The molecule has 134 valence electrons. The molecule has 0 unspecified atom stereocenters. The quantitative estimate of drug-likeness (QED) is 0.866. The second kappa shape index (κ2) is 8.35. The summed E-state index contributed by atoms with van der Waals surface area (Å²) in [5.74, 6) is 0.792. The smallest absolute Gasteiger partial charge is 0.412 e. The first-order valence-corrected chi connectivity index (χ1v) is 8.47. The van der Waals surface area contributed by atoms with E-state index in [0.29, 0.717) is 0 Å². The maximum atomic E-state index is 12.1. The summed E-state index contributed by atoms with van der Waals surface area (Å²) in [5.41, 5.74) is 1.32. The fraction of sp³-hybridized carbons (Fsp3) is 0.611. The van der Waals surface area contributed by atoms with Crippen molar-refractivity contribution in [2.75, 3.05) is 45.2 Å². The maximum absolute atomic E-state index is 12.1. The van der Waals surface area contributed by atoms with Crippen LogP contribution in [-0.2, 0) is 11.2 Å². The van der Waals surface area contributed by atoms with Gasteiger partial charge in [0.1, 0.15) is 11.4 Å². The molecule has 0 spiro atoms. The molecule has 1 saturated heterocycles. The van der Waals surface area contributed by atoms with Crippen molar-refractivity contribution < 1.29 is 14.3 Å². The van der Waals surface area contributed by atoms with E-state index in [0.717, 1.165) is 56.1 Å². The Morgan fingerprint density at radius 3 is 2.62 bits per heavy atom. The zero-order valence-corrected chi connectivity index (χ0v) is 15.1. The number of ether oxygens (including phenoxy) is 2. The monoisotopic (exact) mass is 335 g/mol. The molecule has 0 atom stereocenters. The van der Waals surface area contributed by atoms with Crippen molar-refractivity contribution in [2.24, 2.45) is 0 Å². The van der Waals surface area contributed by atoms with Crippen LogP contribution in [0.5, 0.6) is 5.75 Å². The summed E-state index contributed by atoms with van der Waals surface area (Å²) in [4.78, 5) is 14.5. The molecule has 0 aromatic heterocycles. The van der Waals surface area contributed by atoms with E-state index in [4.69, 9.17) is 9.47 Å². The summed E-state index contributed by atoms with van der Waals surface area (Å²) in [5, 5.41) is 6.21. The van der Waals surface area contributed by atoms with Crippen LogP contribution in [0.25, 0.3) is 0 Å². The number of carbonyl (C=O) groups excluding carboxylic acids is 1.